The van der Waals surface area contributed by atoms with E-state index in [0.29, 0.717) is 31.6 Å². The fourth-order valence-electron chi connectivity index (χ4n) is 3.30. The van der Waals surface area contributed by atoms with E-state index >= 15 is 0 Å². The molecule has 1 saturated heterocycles. The maximum atomic E-state index is 12.1. The number of guanidine groups is 1. The lowest BCUT2D eigenvalue weighted by atomic mass is 10.0. The molecule has 162 valence electrons. The number of rotatable bonds is 9. The minimum absolute atomic E-state index is 0.0179. The van der Waals surface area contributed by atoms with Gasteiger partial charge in [-0.15, -0.1) is 0 Å². The van der Waals surface area contributed by atoms with Crippen molar-refractivity contribution in [2.45, 2.75) is 26.8 Å². The maximum Gasteiger partial charge on any atom is 0.255 e. The van der Waals surface area contributed by atoms with Crippen LogP contribution in [0.15, 0.2) is 29.3 Å². The lowest BCUT2D eigenvalue weighted by Crippen LogP contribution is -2.48. The van der Waals surface area contributed by atoms with Gasteiger partial charge in [-0.2, -0.15) is 0 Å². The van der Waals surface area contributed by atoms with Crippen molar-refractivity contribution in [2.24, 2.45) is 10.9 Å². The molecule has 1 aromatic carbocycles. The highest BCUT2D eigenvalue weighted by molar-refractivity contribution is 5.96. The summed E-state index contributed by atoms with van der Waals surface area (Å²) in [6, 6.07) is 6.88. The van der Waals surface area contributed by atoms with E-state index in [-0.39, 0.29) is 17.2 Å². The predicted octanol–water partition coefficient (Wildman–Crippen LogP) is 1.03. The van der Waals surface area contributed by atoms with E-state index in [1.165, 1.54) is 6.07 Å². The van der Waals surface area contributed by atoms with Crippen LogP contribution in [0, 0.1) is 5.92 Å². The van der Waals surface area contributed by atoms with Crippen LogP contribution >= 0.6 is 0 Å². The van der Waals surface area contributed by atoms with E-state index in [0.717, 1.165) is 38.8 Å². The lowest BCUT2D eigenvalue weighted by Gasteiger charge is -2.36. The maximum absolute atomic E-state index is 12.1. The van der Waals surface area contributed by atoms with Crippen LogP contribution in [0.25, 0.3) is 0 Å². The largest absolute Gasteiger partial charge is 0.507 e. The smallest absolute Gasteiger partial charge is 0.255 e. The highest BCUT2D eigenvalue weighted by atomic mass is 16.5. The van der Waals surface area contributed by atoms with E-state index in [2.05, 4.69) is 34.7 Å². The van der Waals surface area contributed by atoms with Gasteiger partial charge in [-0.3, -0.25) is 14.7 Å². The molecular weight excluding hydrogens is 370 g/mol. The molecule has 1 amide bonds. The second-order valence-electron chi connectivity index (χ2n) is 7.38. The van der Waals surface area contributed by atoms with Gasteiger partial charge in [-0.1, -0.05) is 26.0 Å². The number of hydrogen-bond acceptors (Lipinski definition) is 5. The molecule has 0 saturated carbocycles. The number of phenols is 1. The van der Waals surface area contributed by atoms with Crippen LogP contribution in [-0.4, -0.2) is 80.4 Å². The number of para-hydroxylation sites is 1. The third kappa shape index (κ3) is 7.55. The zero-order valence-electron chi connectivity index (χ0n) is 17.8. The van der Waals surface area contributed by atoms with Crippen molar-refractivity contribution in [2.75, 3.05) is 52.5 Å². The van der Waals surface area contributed by atoms with Gasteiger partial charge in [0.25, 0.3) is 5.91 Å². The topological polar surface area (TPSA) is 98.2 Å². The first-order chi connectivity index (χ1) is 14.0. The molecule has 29 heavy (non-hydrogen) atoms. The van der Waals surface area contributed by atoms with E-state index in [1.807, 2.05) is 6.92 Å². The zero-order valence-corrected chi connectivity index (χ0v) is 17.8. The van der Waals surface area contributed by atoms with E-state index in [4.69, 9.17) is 9.73 Å². The van der Waals surface area contributed by atoms with Crippen LogP contribution in [0.4, 0.5) is 0 Å². The lowest BCUT2D eigenvalue weighted by molar-refractivity contribution is 0.00867. The molecular formula is C21H35N5O3. The quantitative estimate of drug-likeness (QED) is 0.278. The monoisotopic (exact) mass is 405 g/mol. The Bertz CT molecular complexity index is 659. The van der Waals surface area contributed by atoms with Crippen molar-refractivity contribution in [1.82, 2.24) is 20.9 Å². The minimum Gasteiger partial charge on any atom is -0.507 e. The molecule has 0 aromatic heterocycles. The van der Waals surface area contributed by atoms with Crippen molar-refractivity contribution in [3.05, 3.63) is 29.8 Å². The number of carbonyl (C=O) groups excluding carboxylic acids is 1. The summed E-state index contributed by atoms with van der Waals surface area (Å²) in [5, 5.41) is 19.1. The van der Waals surface area contributed by atoms with Crippen molar-refractivity contribution >= 4 is 11.9 Å². The third-order valence-corrected chi connectivity index (χ3v) is 4.92. The number of amides is 1. The van der Waals surface area contributed by atoms with Gasteiger partial charge in [0.15, 0.2) is 5.96 Å². The van der Waals surface area contributed by atoms with Crippen LogP contribution in [0.2, 0.25) is 0 Å². The molecule has 1 aliphatic heterocycles. The molecule has 1 fully saturated rings. The summed E-state index contributed by atoms with van der Waals surface area (Å²) in [5.41, 5.74) is 0.276. The van der Waals surface area contributed by atoms with Crippen LogP contribution in [0.5, 0.6) is 5.75 Å². The fraction of sp³-hybridized carbons (Fsp3) is 0.619. The van der Waals surface area contributed by atoms with E-state index in [1.54, 1.807) is 18.2 Å². The minimum atomic E-state index is -0.293. The van der Waals surface area contributed by atoms with Crippen molar-refractivity contribution in [3.8, 4) is 5.75 Å². The number of nitrogens with one attached hydrogen (secondary N) is 3. The second kappa shape index (κ2) is 12.3. The highest BCUT2D eigenvalue weighted by Crippen LogP contribution is 2.15. The number of nitrogens with zero attached hydrogens (tertiary/aromatic N) is 2. The van der Waals surface area contributed by atoms with Gasteiger partial charge in [0, 0.05) is 38.8 Å². The molecule has 1 aliphatic rings. The average Bonchev–Trinajstić information content (AvgIpc) is 2.72. The van der Waals surface area contributed by atoms with Gasteiger partial charge in [0.1, 0.15) is 5.75 Å². The number of benzene rings is 1. The van der Waals surface area contributed by atoms with Crippen LogP contribution in [0.3, 0.4) is 0 Å². The Balaban J connectivity index is 1.83. The van der Waals surface area contributed by atoms with Gasteiger partial charge in [0.2, 0.25) is 0 Å². The van der Waals surface area contributed by atoms with Crippen molar-refractivity contribution in [1.29, 1.82) is 0 Å². The number of aliphatic imine (C=N–C) groups is 1. The standard InChI is InChI=1S/C21H35N5O3/c1-4-22-21(25-15-18(16(2)3)26-11-13-29-14-12-26)24-10-9-23-20(28)17-7-5-6-8-19(17)27/h5-8,16,18,27H,4,9-15H2,1-3H3,(H,23,28)(H2,22,24,25). The summed E-state index contributed by atoms with van der Waals surface area (Å²) in [4.78, 5) is 19.4. The van der Waals surface area contributed by atoms with E-state index in [9.17, 15) is 9.90 Å². The predicted molar refractivity (Wildman–Crippen MR) is 115 cm³/mol. The summed E-state index contributed by atoms with van der Waals surface area (Å²) in [6.07, 6.45) is 0. The number of morpholine rings is 1. The average molecular weight is 406 g/mol. The van der Waals surface area contributed by atoms with Gasteiger partial charge in [0.05, 0.1) is 25.3 Å². The summed E-state index contributed by atoms with van der Waals surface area (Å²) in [6.45, 7) is 12.4. The van der Waals surface area contributed by atoms with Crippen molar-refractivity contribution < 1.29 is 14.6 Å². The summed E-state index contributed by atoms with van der Waals surface area (Å²) in [5.74, 6) is 0.926. The zero-order chi connectivity index (χ0) is 21.1. The SMILES string of the molecule is CCNC(=NCC(C(C)C)N1CCOCC1)NCCNC(=O)c1ccccc1O. The first kappa shape index (κ1) is 23.0. The Morgan fingerprint density at radius 2 is 1.86 bits per heavy atom. The normalized spacial score (nSPS) is 16.5. The number of phenolic OH excluding ortho intramolecular Hbond substituents is 1. The highest BCUT2D eigenvalue weighted by Gasteiger charge is 2.23. The number of ether oxygens (including phenoxy) is 1. The Kier molecular flexibility index (Phi) is 9.73. The number of aromatic hydroxyl groups is 1. The first-order valence-electron chi connectivity index (χ1n) is 10.4. The molecule has 1 heterocycles. The molecule has 1 unspecified atom stereocenters. The Morgan fingerprint density at radius 3 is 2.52 bits per heavy atom. The van der Waals surface area contributed by atoms with Gasteiger partial charge < -0.3 is 25.8 Å². The molecule has 2 rings (SSSR count). The number of hydrogen-bond donors (Lipinski definition) is 4. The Morgan fingerprint density at radius 1 is 1.17 bits per heavy atom. The molecule has 8 nitrogen and oxygen atoms in total. The van der Waals surface area contributed by atoms with Gasteiger partial charge in [-0.25, -0.2) is 0 Å². The molecule has 0 radical (unpaired) electrons. The van der Waals surface area contributed by atoms with Crippen LogP contribution < -0.4 is 16.0 Å². The summed E-state index contributed by atoms with van der Waals surface area (Å²) >= 11 is 0. The molecule has 4 N–H and O–H groups in total. The van der Waals surface area contributed by atoms with E-state index < -0.39 is 0 Å². The molecule has 1 atom stereocenters. The van der Waals surface area contributed by atoms with Crippen LogP contribution in [0.1, 0.15) is 31.1 Å². The fourth-order valence-corrected chi connectivity index (χ4v) is 3.30. The van der Waals surface area contributed by atoms with Crippen molar-refractivity contribution in [3.63, 3.8) is 0 Å². The van der Waals surface area contributed by atoms with Gasteiger partial charge >= 0.3 is 0 Å². The molecule has 0 aliphatic carbocycles. The van der Waals surface area contributed by atoms with Gasteiger partial charge in [-0.05, 0) is 25.0 Å². The molecule has 8 heteroatoms. The molecule has 0 spiro atoms. The Hall–Kier alpha value is -2.32. The molecule has 0 bridgehead atoms. The first-order valence-corrected chi connectivity index (χ1v) is 10.4. The summed E-state index contributed by atoms with van der Waals surface area (Å²) in [7, 11) is 0. The Labute approximate surface area is 173 Å². The molecule has 1 aromatic rings. The van der Waals surface area contributed by atoms with Crippen LogP contribution in [-0.2, 0) is 4.74 Å². The second-order valence-corrected chi connectivity index (χ2v) is 7.38. The summed E-state index contributed by atoms with van der Waals surface area (Å²) < 4.78 is 5.47. The third-order valence-electron chi connectivity index (χ3n) is 4.92. The number of carbonyl (C=O) groups is 1.